The molecule has 1 aromatic carbocycles. The first-order chi connectivity index (χ1) is 11.6. The third-order valence-electron chi connectivity index (χ3n) is 4.10. The highest BCUT2D eigenvalue weighted by Crippen LogP contribution is 2.16. The van der Waals surface area contributed by atoms with Crippen molar-refractivity contribution in [1.29, 1.82) is 0 Å². The second-order valence-electron chi connectivity index (χ2n) is 6.18. The van der Waals surface area contributed by atoms with Gasteiger partial charge in [-0.3, -0.25) is 4.79 Å². The Morgan fingerprint density at radius 2 is 1.75 bits per heavy atom. The van der Waals surface area contributed by atoms with Gasteiger partial charge in [-0.25, -0.2) is 8.96 Å². The van der Waals surface area contributed by atoms with Crippen LogP contribution in [0.1, 0.15) is 56.8 Å². The first kappa shape index (κ1) is 18.6. The highest BCUT2D eigenvalue weighted by molar-refractivity contribution is 7.78. The van der Waals surface area contributed by atoms with Crippen LogP contribution in [-0.4, -0.2) is 8.96 Å². The van der Waals surface area contributed by atoms with E-state index in [-0.39, 0.29) is 5.56 Å². The highest BCUT2D eigenvalue weighted by Gasteiger charge is 2.03. The van der Waals surface area contributed by atoms with Gasteiger partial charge in [-0.1, -0.05) is 64.0 Å². The fourth-order valence-corrected chi connectivity index (χ4v) is 2.77. The number of aromatic nitrogens is 2. The molecule has 2 rings (SSSR count). The Bertz CT molecular complexity index is 695. The molecule has 4 nitrogen and oxygen atoms in total. The van der Waals surface area contributed by atoms with Gasteiger partial charge in [-0.05, 0) is 37.5 Å². The van der Waals surface area contributed by atoms with Gasteiger partial charge in [0, 0.05) is 11.8 Å². The summed E-state index contributed by atoms with van der Waals surface area (Å²) in [6.45, 7) is 4.00. The normalized spacial score (nSPS) is 10.8. The van der Waals surface area contributed by atoms with Crippen LogP contribution in [0.3, 0.4) is 0 Å². The molecular formula is C19H27N3OS. The minimum atomic E-state index is -0.187. The van der Waals surface area contributed by atoms with Crippen molar-refractivity contribution in [3.63, 3.8) is 0 Å². The number of unbranched alkanes of at least 4 members (excludes halogenated alkanes) is 5. The van der Waals surface area contributed by atoms with Crippen molar-refractivity contribution < 1.29 is 0 Å². The number of nitrogens with one attached hydrogen (secondary N) is 1. The smallest absolute Gasteiger partial charge is 0.265 e. The number of hydrogen-bond acceptors (Lipinski definition) is 4. The van der Waals surface area contributed by atoms with Crippen molar-refractivity contribution in [2.24, 2.45) is 0 Å². The van der Waals surface area contributed by atoms with Crippen LogP contribution in [0.4, 0.5) is 11.5 Å². The van der Waals surface area contributed by atoms with E-state index in [1.54, 1.807) is 6.92 Å². The number of aryl methyl sites for hydroxylation is 2. The van der Waals surface area contributed by atoms with Gasteiger partial charge in [0.15, 0.2) is 0 Å². The zero-order valence-electron chi connectivity index (χ0n) is 14.6. The molecule has 2 aromatic rings. The molecule has 0 fully saturated rings. The first-order valence-electron chi connectivity index (χ1n) is 8.76. The predicted molar refractivity (Wildman–Crippen MR) is 104 cm³/mol. The molecule has 0 aliphatic rings. The summed E-state index contributed by atoms with van der Waals surface area (Å²) >= 11 is 4.07. The minimum Gasteiger partial charge on any atom is -0.340 e. The Morgan fingerprint density at radius 3 is 2.42 bits per heavy atom. The Hall–Kier alpha value is -1.75. The van der Waals surface area contributed by atoms with Crippen molar-refractivity contribution >= 4 is 24.3 Å². The molecule has 0 aliphatic heterocycles. The Kier molecular flexibility index (Phi) is 7.37. The summed E-state index contributed by atoms with van der Waals surface area (Å²) in [5.41, 5.74) is 2.10. The van der Waals surface area contributed by atoms with Gasteiger partial charge in [0.2, 0.25) is 0 Å². The van der Waals surface area contributed by atoms with Gasteiger partial charge >= 0.3 is 0 Å². The summed E-state index contributed by atoms with van der Waals surface area (Å²) in [6, 6.07) is 9.80. The Balaban J connectivity index is 1.85. The van der Waals surface area contributed by atoms with Crippen molar-refractivity contribution in [1.82, 2.24) is 8.96 Å². The van der Waals surface area contributed by atoms with Crippen molar-refractivity contribution in [3.05, 3.63) is 52.1 Å². The number of nitrogens with zero attached hydrogens (tertiary/aromatic N) is 2. The molecule has 130 valence electrons. The Labute approximate surface area is 149 Å². The highest BCUT2D eigenvalue weighted by atomic mass is 32.1. The van der Waals surface area contributed by atoms with Crippen molar-refractivity contribution in [3.8, 4) is 0 Å². The van der Waals surface area contributed by atoms with Crippen LogP contribution in [0.25, 0.3) is 0 Å². The molecule has 5 heteroatoms. The van der Waals surface area contributed by atoms with Crippen LogP contribution >= 0.6 is 12.8 Å². The second-order valence-corrected chi connectivity index (χ2v) is 6.58. The van der Waals surface area contributed by atoms with E-state index in [1.165, 1.54) is 54.1 Å². The summed E-state index contributed by atoms with van der Waals surface area (Å²) in [5, 5.41) is 3.17. The van der Waals surface area contributed by atoms with E-state index in [4.69, 9.17) is 0 Å². The van der Waals surface area contributed by atoms with Gasteiger partial charge in [-0.2, -0.15) is 0 Å². The average molecular weight is 346 g/mol. The van der Waals surface area contributed by atoms with E-state index >= 15 is 0 Å². The maximum absolute atomic E-state index is 11.7. The number of benzene rings is 1. The van der Waals surface area contributed by atoms with Crippen LogP contribution in [0.15, 0.2) is 35.1 Å². The molecule has 0 aliphatic carbocycles. The number of rotatable bonds is 9. The van der Waals surface area contributed by atoms with Crippen molar-refractivity contribution in [2.75, 3.05) is 5.32 Å². The molecule has 0 spiro atoms. The lowest BCUT2D eigenvalue weighted by molar-refractivity contribution is 0.607. The quantitative estimate of drug-likeness (QED) is 0.502. The fraction of sp³-hybridized carbons (Fsp3) is 0.474. The molecule has 0 atom stereocenters. The van der Waals surface area contributed by atoms with Crippen LogP contribution in [0.2, 0.25) is 0 Å². The molecule has 0 unspecified atom stereocenters. The van der Waals surface area contributed by atoms with E-state index in [9.17, 15) is 4.79 Å². The average Bonchev–Trinajstić information content (AvgIpc) is 2.57. The molecule has 0 saturated carbocycles. The molecule has 0 radical (unpaired) electrons. The lowest BCUT2D eigenvalue weighted by Crippen LogP contribution is -2.16. The van der Waals surface area contributed by atoms with Gasteiger partial charge in [0.05, 0.1) is 0 Å². The maximum Gasteiger partial charge on any atom is 0.265 e. The Morgan fingerprint density at radius 1 is 1.08 bits per heavy atom. The largest absolute Gasteiger partial charge is 0.340 e. The van der Waals surface area contributed by atoms with Gasteiger partial charge in [0.25, 0.3) is 5.56 Å². The fourth-order valence-electron chi connectivity index (χ4n) is 2.67. The third-order valence-corrected chi connectivity index (χ3v) is 4.59. The molecule has 0 bridgehead atoms. The van der Waals surface area contributed by atoms with E-state index in [0.29, 0.717) is 11.6 Å². The van der Waals surface area contributed by atoms with Gasteiger partial charge in [-0.15, -0.1) is 0 Å². The third kappa shape index (κ3) is 5.71. The zero-order valence-corrected chi connectivity index (χ0v) is 15.5. The minimum absolute atomic E-state index is 0.187. The SMILES string of the molecule is CCCCCCCCc1ccc(Nc2cc(=O)n(S)c(C)n2)cc1. The summed E-state index contributed by atoms with van der Waals surface area (Å²) in [6.07, 6.45) is 9.03. The zero-order chi connectivity index (χ0) is 17.4. The van der Waals surface area contributed by atoms with Gasteiger partial charge in [0.1, 0.15) is 11.6 Å². The summed E-state index contributed by atoms with van der Waals surface area (Å²) in [5.74, 6) is 1.11. The van der Waals surface area contributed by atoms with Gasteiger partial charge < -0.3 is 5.32 Å². The summed E-state index contributed by atoms with van der Waals surface area (Å²) in [4.78, 5) is 16.0. The molecular weight excluding hydrogens is 318 g/mol. The van der Waals surface area contributed by atoms with E-state index in [1.807, 2.05) is 12.1 Å². The van der Waals surface area contributed by atoms with E-state index in [2.05, 4.69) is 42.2 Å². The van der Waals surface area contributed by atoms with E-state index < -0.39 is 0 Å². The topological polar surface area (TPSA) is 46.9 Å². The summed E-state index contributed by atoms with van der Waals surface area (Å²) < 4.78 is 1.23. The molecule has 0 saturated heterocycles. The monoisotopic (exact) mass is 345 g/mol. The van der Waals surface area contributed by atoms with Crippen LogP contribution in [0.5, 0.6) is 0 Å². The number of thiol groups is 1. The molecule has 0 amide bonds. The maximum atomic E-state index is 11.7. The number of anilines is 2. The molecule has 1 aromatic heterocycles. The van der Waals surface area contributed by atoms with Crippen LogP contribution in [-0.2, 0) is 6.42 Å². The predicted octanol–water partition coefficient (Wildman–Crippen LogP) is 4.89. The molecule has 24 heavy (non-hydrogen) atoms. The second kappa shape index (κ2) is 9.52. The molecule has 1 N–H and O–H groups in total. The lowest BCUT2D eigenvalue weighted by Gasteiger charge is -2.09. The van der Waals surface area contributed by atoms with Crippen molar-refractivity contribution in [2.45, 2.75) is 58.8 Å². The first-order valence-corrected chi connectivity index (χ1v) is 9.16. The standard InChI is InChI=1S/C19H27N3OS/c1-3-4-5-6-7-8-9-16-10-12-17(13-11-16)21-18-14-19(23)22(24)15(2)20-18/h10-14,21,24H,3-9H2,1-2H3. The summed E-state index contributed by atoms with van der Waals surface area (Å²) in [7, 11) is 0. The van der Waals surface area contributed by atoms with E-state index in [0.717, 1.165) is 12.1 Å². The number of hydrogen-bond donors (Lipinski definition) is 2. The van der Waals surface area contributed by atoms with Crippen LogP contribution < -0.4 is 10.9 Å². The molecule has 1 heterocycles. The lowest BCUT2D eigenvalue weighted by atomic mass is 10.0. The van der Waals surface area contributed by atoms with Crippen LogP contribution in [0, 0.1) is 6.92 Å².